The molecule has 0 fully saturated rings. The number of carbonyl (C=O) groups is 3. The van der Waals surface area contributed by atoms with Crippen LogP contribution in [0.4, 0.5) is 13.2 Å². The molecule has 9 heteroatoms. The number of carbonyl (C=O) groups excluding carboxylic acids is 3. The van der Waals surface area contributed by atoms with E-state index in [4.69, 9.17) is 0 Å². The third-order valence-electron chi connectivity index (χ3n) is 2.23. The molecule has 0 unspecified atom stereocenters. The zero-order valence-electron chi connectivity index (χ0n) is 10.8. The third-order valence-corrected chi connectivity index (χ3v) is 2.23. The quantitative estimate of drug-likeness (QED) is 0.499. The predicted molar refractivity (Wildman–Crippen MR) is 58.1 cm³/mol. The van der Waals surface area contributed by atoms with E-state index in [0.717, 1.165) is 0 Å². The number of rotatable bonds is 8. The number of alkyl halides is 3. The predicted octanol–water partition coefficient (Wildman–Crippen LogP) is -0.0931. The number of ether oxygens (including phenoxy) is 1. The van der Waals surface area contributed by atoms with Gasteiger partial charge < -0.3 is 20.0 Å². The number of unbranched alkanes of at least 4 members (excludes halogenated alkanes) is 1. The van der Waals surface area contributed by atoms with Crippen LogP contribution in [0.25, 0.3) is 0 Å². The maximum atomic E-state index is 12.1. The molecule has 0 saturated heterocycles. The van der Waals surface area contributed by atoms with Gasteiger partial charge in [-0.25, -0.2) is 4.79 Å². The molecule has 1 N–H and O–H groups in total. The Balaban J connectivity index is 4.59. The van der Waals surface area contributed by atoms with E-state index < -0.39 is 42.9 Å². The molecule has 1 amide bonds. The molecule has 116 valence electrons. The van der Waals surface area contributed by atoms with Crippen molar-refractivity contribution in [2.45, 2.75) is 44.8 Å². The van der Waals surface area contributed by atoms with Crippen molar-refractivity contribution in [3.63, 3.8) is 0 Å². The first-order valence-corrected chi connectivity index (χ1v) is 5.92. The number of carboxylic acids is 1. The van der Waals surface area contributed by atoms with Gasteiger partial charge in [0.2, 0.25) is 0 Å². The standard InChI is InChI=1S/C11H16F3NO5/c1-2-3-6-20-9(18)7(4-5-8(16)17)15-10(19)11(12,13)14/h7H,2-6H2,1H3,(H,15,19)(H,16,17)/p-1/t7-/m0/s1. The van der Waals surface area contributed by atoms with Gasteiger partial charge in [0, 0.05) is 5.97 Å². The van der Waals surface area contributed by atoms with Crippen molar-refractivity contribution in [2.75, 3.05) is 6.61 Å². The van der Waals surface area contributed by atoms with Crippen molar-refractivity contribution < 1.29 is 37.4 Å². The molecule has 0 heterocycles. The molecule has 0 radical (unpaired) electrons. The highest BCUT2D eigenvalue weighted by Gasteiger charge is 2.41. The van der Waals surface area contributed by atoms with Crippen molar-refractivity contribution in [2.24, 2.45) is 0 Å². The minimum atomic E-state index is -5.16. The van der Waals surface area contributed by atoms with Gasteiger partial charge in [0.25, 0.3) is 0 Å². The van der Waals surface area contributed by atoms with Gasteiger partial charge in [-0.15, -0.1) is 0 Å². The number of hydrogen-bond donors (Lipinski definition) is 1. The Morgan fingerprint density at radius 1 is 1.30 bits per heavy atom. The number of carboxylic acid groups (broad SMARTS) is 1. The average Bonchev–Trinajstić information content (AvgIpc) is 2.32. The van der Waals surface area contributed by atoms with Gasteiger partial charge in [0.1, 0.15) is 6.04 Å². The Hall–Kier alpha value is -1.80. The van der Waals surface area contributed by atoms with E-state index in [1.807, 2.05) is 6.92 Å². The van der Waals surface area contributed by atoms with Crippen molar-refractivity contribution >= 4 is 17.8 Å². The van der Waals surface area contributed by atoms with Gasteiger partial charge in [-0.05, 0) is 19.3 Å². The molecule has 0 aromatic carbocycles. The highest BCUT2D eigenvalue weighted by molar-refractivity contribution is 5.87. The molecule has 0 saturated carbocycles. The SMILES string of the molecule is CCCCOC(=O)[C@H](CCC(=O)[O-])NC(=O)C(F)(F)F. The van der Waals surface area contributed by atoms with Crippen LogP contribution in [0, 0.1) is 0 Å². The first-order valence-electron chi connectivity index (χ1n) is 5.92. The summed E-state index contributed by atoms with van der Waals surface area (Å²) in [5, 5.41) is 11.7. The second-order valence-electron chi connectivity index (χ2n) is 3.96. The fraction of sp³-hybridized carbons (Fsp3) is 0.727. The first-order chi connectivity index (χ1) is 9.18. The number of aliphatic carboxylic acids is 1. The van der Waals surface area contributed by atoms with Crippen LogP contribution in [0.3, 0.4) is 0 Å². The summed E-state index contributed by atoms with van der Waals surface area (Å²) in [7, 11) is 0. The molecule has 0 aromatic rings. The monoisotopic (exact) mass is 298 g/mol. The van der Waals surface area contributed by atoms with Crippen LogP contribution in [-0.2, 0) is 19.1 Å². The Bertz CT molecular complexity index is 356. The van der Waals surface area contributed by atoms with Gasteiger partial charge in [-0.3, -0.25) is 4.79 Å². The van der Waals surface area contributed by atoms with Crippen LogP contribution < -0.4 is 10.4 Å². The van der Waals surface area contributed by atoms with E-state index in [1.54, 1.807) is 0 Å². The average molecular weight is 298 g/mol. The lowest BCUT2D eigenvalue weighted by Crippen LogP contribution is -2.48. The second-order valence-corrected chi connectivity index (χ2v) is 3.96. The first kappa shape index (κ1) is 18.2. The number of hydrogen-bond acceptors (Lipinski definition) is 5. The molecule has 0 aliphatic rings. The van der Waals surface area contributed by atoms with E-state index in [1.165, 1.54) is 5.32 Å². The van der Waals surface area contributed by atoms with Crippen LogP contribution in [0.2, 0.25) is 0 Å². The molecule has 0 aromatic heterocycles. The van der Waals surface area contributed by atoms with Gasteiger partial charge in [0.15, 0.2) is 0 Å². The zero-order valence-corrected chi connectivity index (χ0v) is 10.8. The van der Waals surface area contributed by atoms with Crippen LogP contribution in [0.1, 0.15) is 32.6 Å². The van der Waals surface area contributed by atoms with E-state index >= 15 is 0 Å². The Labute approximate surface area is 113 Å². The summed E-state index contributed by atoms with van der Waals surface area (Å²) < 4.78 is 40.9. The molecule has 0 spiro atoms. The van der Waals surface area contributed by atoms with Crippen molar-refractivity contribution in [1.82, 2.24) is 5.32 Å². The maximum absolute atomic E-state index is 12.1. The Kier molecular flexibility index (Phi) is 7.63. The molecule has 0 rings (SSSR count). The molecular formula is C11H15F3NO5-. The number of halogens is 3. The smallest absolute Gasteiger partial charge is 0.471 e. The number of amides is 1. The lowest BCUT2D eigenvalue weighted by atomic mass is 10.1. The maximum Gasteiger partial charge on any atom is 0.471 e. The second kappa shape index (κ2) is 8.39. The Morgan fingerprint density at radius 3 is 2.35 bits per heavy atom. The molecule has 1 atom stereocenters. The highest BCUT2D eigenvalue weighted by Crippen LogP contribution is 2.15. The molecular weight excluding hydrogens is 283 g/mol. The topological polar surface area (TPSA) is 95.5 Å². The fourth-order valence-corrected chi connectivity index (χ4v) is 1.17. The minimum absolute atomic E-state index is 0.0148. The molecule has 6 nitrogen and oxygen atoms in total. The number of nitrogens with one attached hydrogen (secondary N) is 1. The summed E-state index contributed by atoms with van der Waals surface area (Å²) in [6.07, 6.45) is -5.16. The lowest BCUT2D eigenvalue weighted by molar-refractivity contribution is -0.305. The van der Waals surface area contributed by atoms with Crippen molar-refractivity contribution in [3.05, 3.63) is 0 Å². The third kappa shape index (κ3) is 7.59. The van der Waals surface area contributed by atoms with Crippen molar-refractivity contribution in [3.8, 4) is 0 Å². The van der Waals surface area contributed by atoms with Gasteiger partial charge in [-0.1, -0.05) is 13.3 Å². The van der Waals surface area contributed by atoms with E-state index in [9.17, 15) is 32.7 Å². The highest BCUT2D eigenvalue weighted by atomic mass is 19.4. The van der Waals surface area contributed by atoms with E-state index in [0.29, 0.717) is 12.8 Å². The Morgan fingerprint density at radius 2 is 1.90 bits per heavy atom. The summed E-state index contributed by atoms with van der Waals surface area (Å²) in [4.78, 5) is 32.5. The van der Waals surface area contributed by atoms with Crippen LogP contribution in [-0.4, -0.2) is 36.7 Å². The molecule has 0 aliphatic carbocycles. The molecule has 20 heavy (non-hydrogen) atoms. The largest absolute Gasteiger partial charge is 0.550 e. The van der Waals surface area contributed by atoms with Gasteiger partial charge in [-0.2, -0.15) is 13.2 Å². The zero-order chi connectivity index (χ0) is 15.8. The number of esters is 1. The summed E-state index contributed by atoms with van der Waals surface area (Å²) in [6.45, 7) is 1.80. The molecule has 0 bridgehead atoms. The summed E-state index contributed by atoms with van der Waals surface area (Å²) in [5.41, 5.74) is 0. The normalized spacial score (nSPS) is 12.6. The summed E-state index contributed by atoms with van der Waals surface area (Å²) in [6, 6.07) is -1.67. The van der Waals surface area contributed by atoms with Gasteiger partial charge >= 0.3 is 18.1 Å². The fourth-order valence-electron chi connectivity index (χ4n) is 1.17. The summed E-state index contributed by atoms with van der Waals surface area (Å²) >= 11 is 0. The summed E-state index contributed by atoms with van der Waals surface area (Å²) in [5.74, 6) is -4.97. The minimum Gasteiger partial charge on any atom is -0.550 e. The molecule has 0 aliphatic heterocycles. The van der Waals surface area contributed by atoms with Gasteiger partial charge in [0.05, 0.1) is 6.61 Å². The lowest BCUT2D eigenvalue weighted by Gasteiger charge is -2.18. The van der Waals surface area contributed by atoms with Crippen LogP contribution >= 0.6 is 0 Å². The van der Waals surface area contributed by atoms with Crippen molar-refractivity contribution in [1.29, 1.82) is 0 Å². The van der Waals surface area contributed by atoms with E-state index in [-0.39, 0.29) is 6.61 Å². The van der Waals surface area contributed by atoms with Crippen LogP contribution in [0.15, 0.2) is 0 Å². The van der Waals surface area contributed by atoms with Crippen LogP contribution in [0.5, 0.6) is 0 Å². The van der Waals surface area contributed by atoms with E-state index in [2.05, 4.69) is 4.74 Å².